The van der Waals surface area contributed by atoms with Crippen LogP contribution in [0.25, 0.3) is 0 Å². The number of ether oxygens (including phenoxy) is 2. The van der Waals surface area contributed by atoms with Gasteiger partial charge in [0.1, 0.15) is 5.75 Å². The third-order valence-electron chi connectivity index (χ3n) is 2.36. The van der Waals surface area contributed by atoms with Crippen LogP contribution in [0.15, 0.2) is 12.3 Å². The highest BCUT2D eigenvalue weighted by atomic mass is 16.5. The minimum atomic E-state index is -0.440. The van der Waals surface area contributed by atoms with E-state index in [1.807, 2.05) is 13.8 Å². The summed E-state index contributed by atoms with van der Waals surface area (Å²) in [5, 5.41) is 9.35. The molecular formula is C11H17NO3. The highest BCUT2D eigenvalue weighted by Crippen LogP contribution is 2.36. The SMILES string of the molecule is COc1ccnc(OC)c1C(C)(C)CO. The lowest BCUT2D eigenvalue weighted by molar-refractivity contribution is 0.209. The van der Waals surface area contributed by atoms with Crippen molar-refractivity contribution in [3.05, 3.63) is 17.8 Å². The summed E-state index contributed by atoms with van der Waals surface area (Å²) in [7, 11) is 3.14. The van der Waals surface area contributed by atoms with E-state index in [0.717, 1.165) is 5.56 Å². The maximum atomic E-state index is 9.35. The first kappa shape index (κ1) is 11.8. The number of rotatable bonds is 4. The third kappa shape index (κ3) is 2.21. The second-order valence-corrected chi connectivity index (χ2v) is 3.94. The molecule has 1 rings (SSSR count). The summed E-state index contributed by atoms with van der Waals surface area (Å²) in [6.07, 6.45) is 1.62. The van der Waals surface area contributed by atoms with Gasteiger partial charge in [0.05, 0.1) is 26.4 Å². The second-order valence-electron chi connectivity index (χ2n) is 3.94. The molecule has 0 aromatic carbocycles. The maximum Gasteiger partial charge on any atom is 0.220 e. The number of aromatic nitrogens is 1. The Morgan fingerprint density at radius 1 is 1.33 bits per heavy atom. The van der Waals surface area contributed by atoms with Crippen LogP contribution in [0.1, 0.15) is 19.4 Å². The number of aliphatic hydroxyl groups is 1. The Kier molecular flexibility index (Phi) is 3.52. The number of methoxy groups -OCH3 is 2. The second kappa shape index (κ2) is 4.49. The van der Waals surface area contributed by atoms with Gasteiger partial charge < -0.3 is 14.6 Å². The lowest BCUT2D eigenvalue weighted by Gasteiger charge is -2.25. The largest absolute Gasteiger partial charge is 0.496 e. The van der Waals surface area contributed by atoms with Crippen LogP contribution in [0, 0.1) is 0 Å². The summed E-state index contributed by atoms with van der Waals surface area (Å²) in [6.45, 7) is 3.83. The molecule has 1 heterocycles. The zero-order valence-electron chi connectivity index (χ0n) is 9.57. The lowest BCUT2D eigenvalue weighted by Crippen LogP contribution is -2.24. The fraction of sp³-hybridized carbons (Fsp3) is 0.545. The molecule has 4 heteroatoms. The monoisotopic (exact) mass is 211 g/mol. The molecule has 0 saturated carbocycles. The molecule has 84 valence electrons. The van der Waals surface area contributed by atoms with E-state index in [-0.39, 0.29) is 6.61 Å². The van der Waals surface area contributed by atoms with Gasteiger partial charge in [0, 0.05) is 11.6 Å². The molecule has 0 fully saturated rings. The highest BCUT2D eigenvalue weighted by Gasteiger charge is 2.28. The number of nitrogens with zero attached hydrogens (tertiary/aromatic N) is 1. The highest BCUT2D eigenvalue weighted by molar-refractivity contribution is 5.45. The standard InChI is InChI=1S/C11H17NO3/c1-11(2,7-13)9-8(14-3)5-6-12-10(9)15-4/h5-6,13H,7H2,1-4H3. The maximum absolute atomic E-state index is 9.35. The smallest absolute Gasteiger partial charge is 0.220 e. The Hall–Kier alpha value is -1.29. The molecule has 1 aromatic rings. The van der Waals surface area contributed by atoms with E-state index in [0.29, 0.717) is 11.6 Å². The van der Waals surface area contributed by atoms with Crippen molar-refractivity contribution >= 4 is 0 Å². The zero-order chi connectivity index (χ0) is 11.5. The van der Waals surface area contributed by atoms with E-state index >= 15 is 0 Å². The van der Waals surface area contributed by atoms with Crippen molar-refractivity contribution in [1.82, 2.24) is 4.98 Å². The first-order chi connectivity index (χ1) is 7.06. The molecule has 1 aromatic heterocycles. The van der Waals surface area contributed by atoms with E-state index in [9.17, 15) is 5.11 Å². The van der Waals surface area contributed by atoms with Gasteiger partial charge in [0.15, 0.2) is 0 Å². The third-order valence-corrected chi connectivity index (χ3v) is 2.36. The van der Waals surface area contributed by atoms with Gasteiger partial charge in [-0.05, 0) is 6.07 Å². The summed E-state index contributed by atoms with van der Waals surface area (Å²) in [4.78, 5) is 4.11. The zero-order valence-corrected chi connectivity index (χ0v) is 9.57. The molecule has 0 spiro atoms. The Morgan fingerprint density at radius 3 is 2.47 bits per heavy atom. The molecule has 0 aliphatic heterocycles. The van der Waals surface area contributed by atoms with Gasteiger partial charge >= 0.3 is 0 Å². The van der Waals surface area contributed by atoms with E-state index in [1.54, 1.807) is 26.5 Å². The minimum Gasteiger partial charge on any atom is -0.496 e. The van der Waals surface area contributed by atoms with Gasteiger partial charge in [-0.2, -0.15) is 0 Å². The fourth-order valence-electron chi connectivity index (χ4n) is 1.45. The average Bonchev–Trinajstić information content (AvgIpc) is 2.27. The molecule has 4 nitrogen and oxygen atoms in total. The average molecular weight is 211 g/mol. The molecule has 0 amide bonds. The van der Waals surface area contributed by atoms with Crippen LogP contribution in [-0.2, 0) is 5.41 Å². The van der Waals surface area contributed by atoms with E-state index < -0.39 is 5.41 Å². The summed E-state index contributed by atoms with van der Waals surface area (Å²) >= 11 is 0. The normalized spacial score (nSPS) is 11.3. The Balaban J connectivity index is 3.34. The van der Waals surface area contributed by atoms with Crippen LogP contribution >= 0.6 is 0 Å². The van der Waals surface area contributed by atoms with Gasteiger partial charge in [-0.15, -0.1) is 0 Å². The van der Waals surface area contributed by atoms with Gasteiger partial charge in [0.25, 0.3) is 0 Å². The summed E-state index contributed by atoms with van der Waals surface area (Å²) in [6, 6.07) is 1.76. The predicted molar refractivity (Wildman–Crippen MR) is 57.5 cm³/mol. The van der Waals surface area contributed by atoms with Crippen molar-refractivity contribution in [1.29, 1.82) is 0 Å². The molecule has 0 bridgehead atoms. The van der Waals surface area contributed by atoms with E-state index in [2.05, 4.69) is 4.98 Å². The van der Waals surface area contributed by atoms with Crippen molar-refractivity contribution < 1.29 is 14.6 Å². The van der Waals surface area contributed by atoms with Crippen molar-refractivity contribution in [3.8, 4) is 11.6 Å². The number of pyridine rings is 1. The molecule has 1 N–H and O–H groups in total. The molecule has 0 aliphatic rings. The van der Waals surface area contributed by atoms with Crippen molar-refractivity contribution in [2.75, 3.05) is 20.8 Å². The van der Waals surface area contributed by atoms with Crippen molar-refractivity contribution in [2.24, 2.45) is 0 Å². The summed E-state index contributed by atoms with van der Waals surface area (Å²) < 4.78 is 10.4. The summed E-state index contributed by atoms with van der Waals surface area (Å²) in [5.74, 6) is 1.18. The first-order valence-electron chi connectivity index (χ1n) is 4.75. The van der Waals surface area contributed by atoms with Gasteiger partial charge in [-0.3, -0.25) is 0 Å². The van der Waals surface area contributed by atoms with Crippen molar-refractivity contribution in [3.63, 3.8) is 0 Å². The van der Waals surface area contributed by atoms with Gasteiger partial charge in [-0.25, -0.2) is 4.98 Å². The van der Waals surface area contributed by atoms with Crippen LogP contribution in [-0.4, -0.2) is 30.9 Å². The molecule has 0 aliphatic carbocycles. The Morgan fingerprint density at radius 2 is 2.00 bits per heavy atom. The molecule has 15 heavy (non-hydrogen) atoms. The van der Waals surface area contributed by atoms with Crippen molar-refractivity contribution in [2.45, 2.75) is 19.3 Å². The summed E-state index contributed by atoms with van der Waals surface area (Å²) in [5.41, 5.74) is 0.350. The van der Waals surface area contributed by atoms with E-state index in [1.165, 1.54) is 0 Å². The van der Waals surface area contributed by atoms with Crippen LogP contribution in [0.2, 0.25) is 0 Å². The number of aliphatic hydroxyl groups excluding tert-OH is 1. The Bertz CT molecular complexity index is 314. The van der Waals surface area contributed by atoms with E-state index in [4.69, 9.17) is 9.47 Å². The number of hydrogen-bond acceptors (Lipinski definition) is 4. The molecule has 0 atom stereocenters. The molecular weight excluding hydrogens is 194 g/mol. The quantitative estimate of drug-likeness (QED) is 0.817. The van der Waals surface area contributed by atoms with Gasteiger partial charge in [0.2, 0.25) is 5.88 Å². The van der Waals surface area contributed by atoms with Crippen LogP contribution in [0.4, 0.5) is 0 Å². The molecule has 0 saturated heterocycles. The van der Waals surface area contributed by atoms with Crippen LogP contribution < -0.4 is 9.47 Å². The minimum absolute atomic E-state index is 0.00537. The lowest BCUT2D eigenvalue weighted by atomic mass is 9.85. The fourth-order valence-corrected chi connectivity index (χ4v) is 1.45. The molecule has 0 unspecified atom stereocenters. The Labute approximate surface area is 89.9 Å². The molecule has 0 radical (unpaired) electrons. The van der Waals surface area contributed by atoms with Crippen LogP contribution in [0.3, 0.4) is 0 Å². The number of hydrogen-bond donors (Lipinski definition) is 1. The van der Waals surface area contributed by atoms with Crippen LogP contribution in [0.5, 0.6) is 11.6 Å². The topological polar surface area (TPSA) is 51.6 Å². The predicted octanol–water partition coefficient (Wildman–Crippen LogP) is 1.37. The first-order valence-corrected chi connectivity index (χ1v) is 4.75. The van der Waals surface area contributed by atoms with Gasteiger partial charge in [-0.1, -0.05) is 13.8 Å².